The van der Waals surface area contributed by atoms with Gasteiger partial charge in [-0.25, -0.2) is 0 Å². The molecule has 1 aliphatic carbocycles. The van der Waals surface area contributed by atoms with Gasteiger partial charge in [0.15, 0.2) is 0 Å². The lowest BCUT2D eigenvalue weighted by Crippen LogP contribution is -2.56. The molecular formula is C15H32N2. The average molecular weight is 240 g/mol. The van der Waals surface area contributed by atoms with E-state index in [9.17, 15) is 0 Å². The lowest BCUT2D eigenvalue weighted by molar-refractivity contribution is 0.0596. The van der Waals surface area contributed by atoms with Gasteiger partial charge in [-0.05, 0) is 44.2 Å². The molecule has 1 aliphatic rings. The second-order valence-corrected chi connectivity index (χ2v) is 6.42. The van der Waals surface area contributed by atoms with Gasteiger partial charge >= 0.3 is 0 Å². The van der Waals surface area contributed by atoms with Crippen LogP contribution >= 0.6 is 0 Å². The highest BCUT2D eigenvalue weighted by atomic mass is 15.2. The zero-order chi connectivity index (χ0) is 13.0. The number of rotatable bonds is 5. The van der Waals surface area contributed by atoms with Crippen molar-refractivity contribution in [3.63, 3.8) is 0 Å². The summed E-state index contributed by atoms with van der Waals surface area (Å²) in [7, 11) is 2.13. The molecule has 102 valence electrons. The van der Waals surface area contributed by atoms with Crippen LogP contribution in [0.5, 0.6) is 0 Å². The molecule has 2 heteroatoms. The Hall–Kier alpha value is -0.0800. The van der Waals surface area contributed by atoms with Crippen LogP contribution in [0, 0.1) is 17.8 Å². The van der Waals surface area contributed by atoms with Gasteiger partial charge in [-0.1, -0.05) is 34.6 Å². The molecule has 17 heavy (non-hydrogen) atoms. The lowest BCUT2D eigenvalue weighted by atomic mass is 9.75. The van der Waals surface area contributed by atoms with Gasteiger partial charge < -0.3 is 5.32 Å². The summed E-state index contributed by atoms with van der Waals surface area (Å²) < 4.78 is 0. The molecule has 1 rings (SSSR count). The first-order chi connectivity index (χ1) is 7.99. The molecule has 0 bridgehead atoms. The van der Waals surface area contributed by atoms with Gasteiger partial charge in [0.05, 0.1) is 0 Å². The van der Waals surface area contributed by atoms with E-state index in [2.05, 4.69) is 51.9 Å². The van der Waals surface area contributed by atoms with Crippen LogP contribution in [-0.2, 0) is 0 Å². The molecule has 0 amide bonds. The van der Waals surface area contributed by atoms with Gasteiger partial charge in [-0.3, -0.25) is 4.90 Å². The van der Waals surface area contributed by atoms with Crippen LogP contribution in [-0.4, -0.2) is 37.1 Å². The molecule has 0 spiro atoms. The fourth-order valence-electron chi connectivity index (χ4n) is 3.67. The Labute approximate surface area is 108 Å². The van der Waals surface area contributed by atoms with E-state index < -0.39 is 0 Å². The molecule has 0 radical (unpaired) electrons. The maximum atomic E-state index is 3.56. The lowest BCUT2D eigenvalue weighted by Gasteiger charge is -2.46. The maximum Gasteiger partial charge on any atom is 0.0274 e. The van der Waals surface area contributed by atoms with Crippen LogP contribution < -0.4 is 5.32 Å². The molecule has 0 aliphatic heterocycles. The van der Waals surface area contributed by atoms with E-state index in [-0.39, 0.29) is 0 Å². The molecule has 0 saturated heterocycles. The van der Waals surface area contributed by atoms with Crippen LogP contribution in [0.4, 0.5) is 0 Å². The molecule has 2 nitrogen and oxygen atoms in total. The first-order valence-electron chi connectivity index (χ1n) is 7.40. The van der Waals surface area contributed by atoms with Crippen molar-refractivity contribution < 1.29 is 0 Å². The summed E-state index contributed by atoms with van der Waals surface area (Å²) in [5.74, 6) is 2.45. The highest BCUT2D eigenvalue weighted by molar-refractivity contribution is 4.93. The zero-order valence-corrected chi connectivity index (χ0v) is 12.7. The third-order valence-corrected chi connectivity index (χ3v) is 4.22. The first kappa shape index (κ1) is 15.0. The molecule has 0 aromatic heterocycles. The van der Waals surface area contributed by atoms with E-state index >= 15 is 0 Å². The van der Waals surface area contributed by atoms with Crippen molar-refractivity contribution in [1.29, 1.82) is 0 Å². The maximum absolute atomic E-state index is 3.56. The van der Waals surface area contributed by atoms with Crippen molar-refractivity contribution >= 4 is 0 Å². The molecule has 0 heterocycles. The van der Waals surface area contributed by atoms with E-state index in [0.29, 0.717) is 6.04 Å². The summed E-state index contributed by atoms with van der Waals surface area (Å²) in [4.78, 5) is 2.70. The normalized spacial score (nSPS) is 34.6. The van der Waals surface area contributed by atoms with Crippen molar-refractivity contribution in [2.24, 2.45) is 17.8 Å². The summed E-state index contributed by atoms with van der Waals surface area (Å²) in [6.45, 7) is 14.2. The SMILES string of the molecule is CCN(CC(C)C)C1C(C)CC(C)CC1NC. The molecule has 1 fully saturated rings. The van der Waals surface area contributed by atoms with Crippen molar-refractivity contribution in [1.82, 2.24) is 10.2 Å². The van der Waals surface area contributed by atoms with E-state index in [1.165, 1.54) is 25.9 Å². The monoisotopic (exact) mass is 240 g/mol. The van der Waals surface area contributed by atoms with Gasteiger partial charge in [0.1, 0.15) is 0 Å². The Morgan fingerprint density at radius 1 is 1.24 bits per heavy atom. The minimum Gasteiger partial charge on any atom is -0.315 e. The number of hydrogen-bond acceptors (Lipinski definition) is 2. The van der Waals surface area contributed by atoms with E-state index in [1.54, 1.807) is 0 Å². The van der Waals surface area contributed by atoms with E-state index in [0.717, 1.165) is 23.8 Å². The molecular weight excluding hydrogens is 208 g/mol. The molecule has 0 aromatic rings. The third kappa shape index (κ3) is 3.96. The average Bonchev–Trinajstić information content (AvgIpc) is 2.25. The molecule has 1 saturated carbocycles. The highest BCUT2D eigenvalue weighted by Gasteiger charge is 2.36. The fraction of sp³-hybridized carbons (Fsp3) is 1.00. The van der Waals surface area contributed by atoms with Crippen LogP contribution in [0.2, 0.25) is 0 Å². The summed E-state index contributed by atoms with van der Waals surface area (Å²) >= 11 is 0. The van der Waals surface area contributed by atoms with Crippen molar-refractivity contribution in [2.45, 2.75) is 59.5 Å². The van der Waals surface area contributed by atoms with Crippen molar-refractivity contribution in [3.8, 4) is 0 Å². The summed E-state index contributed by atoms with van der Waals surface area (Å²) in [6.07, 6.45) is 2.72. The van der Waals surface area contributed by atoms with Crippen molar-refractivity contribution in [2.75, 3.05) is 20.1 Å². The van der Waals surface area contributed by atoms with Gasteiger partial charge in [0, 0.05) is 18.6 Å². The van der Waals surface area contributed by atoms with Gasteiger partial charge in [0.2, 0.25) is 0 Å². The van der Waals surface area contributed by atoms with Gasteiger partial charge in [0.25, 0.3) is 0 Å². The topological polar surface area (TPSA) is 15.3 Å². The Balaban J connectivity index is 2.74. The predicted molar refractivity (Wildman–Crippen MR) is 76.3 cm³/mol. The Bertz CT molecular complexity index is 215. The second-order valence-electron chi connectivity index (χ2n) is 6.42. The summed E-state index contributed by atoms with van der Waals surface area (Å²) in [6, 6.07) is 1.40. The highest BCUT2D eigenvalue weighted by Crippen LogP contribution is 2.32. The summed E-state index contributed by atoms with van der Waals surface area (Å²) in [5, 5.41) is 3.56. The minimum atomic E-state index is 0.674. The number of hydrogen-bond donors (Lipinski definition) is 1. The van der Waals surface area contributed by atoms with Crippen LogP contribution in [0.1, 0.15) is 47.5 Å². The minimum absolute atomic E-state index is 0.674. The quantitative estimate of drug-likeness (QED) is 0.795. The van der Waals surface area contributed by atoms with E-state index in [1.807, 2.05) is 0 Å². The van der Waals surface area contributed by atoms with Crippen LogP contribution in [0.15, 0.2) is 0 Å². The Morgan fingerprint density at radius 3 is 2.35 bits per heavy atom. The predicted octanol–water partition coefficient (Wildman–Crippen LogP) is 2.99. The van der Waals surface area contributed by atoms with Crippen molar-refractivity contribution in [3.05, 3.63) is 0 Å². The number of nitrogens with zero attached hydrogens (tertiary/aromatic N) is 1. The largest absolute Gasteiger partial charge is 0.315 e. The fourth-order valence-corrected chi connectivity index (χ4v) is 3.67. The van der Waals surface area contributed by atoms with Gasteiger partial charge in [-0.15, -0.1) is 0 Å². The third-order valence-electron chi connectivity index (χ3n) is 4.22. The smallest absolute Gasteiger partial charge is 0.0274 e. The number of likely N-dealkylation sites (N-methyl/N-ethyl adjacent to an activating group) is 2. The molecule has 1 N–H and O–H groups in total. The Kier molecular flexibility index (Phi) is 5.94. The standard InChI is InChI=1S/C15H32N2/c1-7-17(10-11(2)3)15-13(5)8-12(4)9-14(15)16-6/h11-16H,7-10H2,1-6H3. The summed E-state index contributed by atoms with van der Waals surface area (Å²) in [5.41, 5.74) is 0. The first-order valence-corrected chi connectivity index (χ1v) is 7.40. The zero-order valence-electron chi connectivity index (χ0n) is 12.7. The molecule has 4 unspecified atom stereocenters. The molecule has 4 atom stereocenters. The van der Waals surface area contributed by atoms with E-state index in [4.69, 9.17) is 0 Å². The second kappa shape index (κ2) is 6.75. The molecule has 0 aromatic carbocycles. The van der Waals surface area contributed by atoms with Crippen LogP contribution in [0.3, 0.4) is 0 Å². The van der Waals surface area contributed by atoms with Crippen LogP contribution in [0.25, 0.3) is 0 Å². The number of nitrogens with one attached hydrogen (secondary N) is 1. The van der Waals surface area contributed by atoms with Gasteiger partial charge in [-0.2, -0.15) is 0 Å². The Morgan fingerprint density at radius 2 is 1.88 bits per heavy atom.